The van der Waals surface area contributed by atoms with Gasteiger partial charge >= 0.3 is 0 Å². The highest BCUT2D eigenvalue weighted by molar-refractivity contribution is 5.95. The van der Waals surface area contributed by atoms with E-state index in [-0.39, 0.29) is 5.91 Å². The number of carbonyl (C=O) groups is 1. The van der Waals surface area contributed by atoms with Gasteiger partial charge in [0, 0.05) is 24.4 Å². The number of carbonyl (C=O) groups excluding carboxylic acids is 1. The van der Waals surface area contributed by atoms with Crippen LogP contribution in [0.4, 0.5) is 5.69 Å². The minimum atomic E-state index is -0.373. The molecule has 0 saturated heterocycles. The van der Waals surface area contributed by atoms with E-state index in [0.717, 1.165) is 31.5 Å². The number of benzene rings is 1. The zero-order valence-electron chi connectivity index (χ0n) is 12.1. The smallest absolute Gasteiger partial charge is 0.244 e. The van der Waals surface area contributed by atoms with Crippen LogP contribution < -0.4 is 10.6 Å². The van der Waals surface area contributed by atoms with Gasteiger partial charge in [-0.15, -0.1) is 0 Å². The molecule has 0 aromatic heterocycles. The molecule has 0 aliphatic carbocycles. The van der Waals surface area contributed by atoms with Gasteiger partial charge in [-0.05, 0) is 43.5 Å². The molecule has 0 bridgehead atoms. The lowest BCUT2D eigenvalue weighted by atomic mass is 10.1. The summed E-state index contributed by atoms with van der Waals surface area (Å²) in [6, 6.07) is 8.26. The molecular weight excluding hydrogens is 236 g/mol. The lowest BCUT2D eigenvalue weighted by Gasteiger charge is -2.23. The molecule has 0 spiro atoms. The third-order valence-corrected chi connectivity index (χ3v) is 3.02. The zero-order valence-corrected chi connectivity index (χ0v) is 12.1. The first-order valence-corrected chi connectivity index (χ1v) is 6.91. The largest absolute Gasteiger partial charge is 0.372 e. The van der Waals surface area contributed by atoms with Gasteiger partial charge in [-0.2, -0.15) is 0 Å². The Morgan fingerprint density at radius 2 is 1.68 bits per heavy atom. The van der Waals surface area contributed by atoms with Crippen LogP contribution in [0.3, 0.4) is 0 Å². The Labute approximate surface area is 116 Å². The third kappa shape index (κ3) is 4.78. The Bertz CT molecular complexity index is 429. The predicted octanol–water partition coefficient (Wildman–Crippen LogP) is 3.20. The van der Waals surface area contributed by atoms with E-state index in [0.29, 0.717) is 5.57 Å². The van der Waals surface area contributed by atoms with Gasteiger partial charge < -0.3 is 10.6 Å². The Morgan fingerprint density at radius 3 is 2.11 bits per heavy atom. The Hall–Kier alpha value is -1.77. The number of primary amides is 1. The lowest BCUT2D eigenvalue weighted by molar-refractivity contribution is -0.114. The summed E-state index contributed by atoms with van der Waals surface area (Å²) in [6.45, 7) is 8.26. The third-order valence-electron chi connectivity index (χ3n) is 3.02. The van der Waals surface area contributed by atoms with Gasteiger partial charge in [-0.1, -0.05) is 26.0 Å². The van der Waals surface area contributed by atoms with Crippen LogP contribution >= 0.6 is 0 Å². The van der Waals surface area contributed by atoms with Crippen LogP contribution in [-0.2, 0) is 4.79 Å². The monoisotopic (exact) mass is 260 g/mol. The van der Waals surface area contributed by atoms with Gasteiger partial charge in [-0.3, -0.25) is 4.79 Å². The van der Waals surface area contributed by atoms with Gasteiger partial charge in [-0.25, -0.2) is 0 Å². The molecule has 2 N–H and O–H groups in total. The fourth-order valence-electron chi connectivity index (χ4n) is 2.01. The summed E-state index contributed by atoms with van der Waals surface area (Å²) >= 11 is 0. The normalized spacial score (nSPS) is 11.4. The topological polar surface area (TPSA) is 46.3 Å². The molecule has 1 rings (SSSR count). The Morgan fingerprint density at radius 1 is 1.16 bits per heavy atom. The average molecular weight is 260 g/mol. The summed E-state index contributed by atoms with van der Waals surface area (Å²) in [7, 11) is 0. The first-order valence-electron chi connectivity index (χ1n) is 6.91. The molecular formula is C16H24N2O. The maximum absolute atomic E-state index is 11.0. The van der Waals surface area contributed by atoms with Crippen molar-refractivity contribution >= 4 is 17.7 Å². The van der Waals surface area contributed by atoms with Crippen molar-refractivity contribution < 1.29 is 4.79 Å². The fraction of sp³-hybridized carbons (Fsp3) is 0.438. The second-order valence-corrected chi connectivity index (χ2v) is 4.77. The van der Waals surface area contributed by atoms with Crippen LogP contribution in [0, 0.1) is 0 Å². The van der Waals surface area contributed by atoms with E-state index in [4.69, 9.17) is 5.73 Å². The van der Waals surface area contributed by atoms with Crippen molar-refractivity contribution in [1.29, 1.82) is 0 Å². The summed E-state index contributed by atoms with van der Waals surface area (Å²) < 4.78 is 0. The van der Waals surface area contributed by atoms with Crippen LogP contribution in [0.5, 0.6) is 0 Å². The van der Waals surface area contributed by atoms with Gasteiger partial charge in [0.1, 0.15) is 0 Å². The van der Waals surface area contributed by atoms with Crippen LogP contribution in [0.15, 0.2) is 29.8 Å². The molecule has 0 unspecified atom stereocenters. The molecule has 0 fully saturated rings. The molecule has 3 heteroatoms. The molecule has 0 atom stereocenters. The second kappa shape index (κ2) is 7.62. The highest BCUT2D eigenvalue weighted by atomic mass is 16.1. The highest BCUT2D eigenvalue weighted by Crippen LogP contribution is 2.17. The van der Waals surface area contributed by atoms with Crippen LogP contribution in [0.25, 0.3) is 6.08 Å². The van der Waals surface area contributed by atoms with Crippen molar-refractivity contribution in [1.82, 2.24) is 0 Å². The van der Waals surface area contributed by atoms with Gasteiger partial charge in [0.25, 0.3) is 0 Å². The lowest BCUT2D eigenvalue weighted by Crippen LogP contribution is -2.24. The van der Waals surface area contributed by atoms with Crippen molar-refractivity contribution in [3.05, 3.63) is 35.4 Å². The summed E-state index contributed by atoms with van der Waals surface area (Å²) in [5.74, 6) is -0.373. The number of amides is 1. The van der Waals surface area contributed by atoms with Gasteiger partial charge in [0.2, 0.25) is 5.91 Å². The Kier molecular flexibility index (Phi) is 6.13. The van der Waals surface area contributed by atoms with E-state index < -0.39 is 0 Å². The summed E-state index contributed by atoms with van der Waals surface area (Å²) in [5, 5.41) is 0. The van der Waals surface area contributed by atoms with Crippen LogP contribution in [-0.4, -0.2) is 19.0 Å². The van der Waals surface area contributed by atoms with Crippen molar-refractivity contribution in [2.75, 3.05) is 18.0 Å². The molecule has 1 amide bonds. The summed E-state index contributed by atoms with van der Waals surface area (Å²) in [4.78, 5) is 13.4. The number of rotatable bonds is 7. The van der Waals surface area contributed by atoms with E-state index in [2.05, 4.69) is 30.9 Å². The standard InChI is InChI=1S/C16H24N2O/c1-4-10-18(11-5-2)15-8-6-14(7-9-15)12-13(3)16(17)19/h6-9,12H,4-5,10-11H2,1-3H3,(H2,17,19). The summed E-state index contributed by atoms with van der Waals surface area (Å²) in [6.07, 6.45) is 4.10. The molecule has 0 saturated carbocycles. The van der Waals surface area contributed by atoms with Crippen molar-refractivity contribution in [2.45, 2.75) is 33.6 Å². The molecule has 0 aliphatic heterocycles. The zero-order chi connectivity index (χ0) is 14.3. The number of nitrogens with zero attached hydrogens (tertiary/aromatic N) is 1. The van der Waals surface area contributed by atoms with E-state index >= 15 is 0 Å². The molecule has 0 radical (unpaired) electrons. The van der Waals surface area contributed by atoms with Crippen LogP contribution in [0.1, 0.15) is 39.2 Å². The number of hydrogen-bond donors (Lipinski definition) is 1. The van der Waals surface area contributed by atoms with E-state index in [1.165, 1.54) is 5.69 Å². The van der Waals surface area contributed by atoms with Crippen molar-refractivity contribution in [2.24, 2.45) is 5.73 Å². The van der Waals surface area contributed by atoms with Gasteiger partial charge in [0.05, 0.1) is 0 Å². The van der Waals surface area contributed by atoms with Crippen molar-refractivity contribution in [3.63, 3.8) is 0 Å². The van der Waals surface area contributed by atoms with E-state index in [1.807, 2.05) is 18.2 Å². The van der Waals surface area contributed by atoms with Crippen LogP contribution in [0.2, 0.25) is 0 Å². The summed E-state index contributed by atoms with van der Waals surface area (Å²) in [5.41, 5.74) is 8.04. The van der Waals surface area contributed by atoms with E-state index in [9.17, 15) is 4.79 Å². The first-order chi connectivity index (χ1) is 9.08. The first kappa shape index (κ1) is 15.3. The molecule has 3 nitrogen and oxygen atoms in total. The highest BCUT2D eigenvalue weighted by Gasteiger charge is 2.04. The Balaban J connectivity index is 2.85. The minimum absolute atomic E-state index is 0.373. The average Bonchev–Trinajstić information content (AvgIpc) is 2.39. The molecule has 1 aromatic rings. The minimum Gasteiger partial charge on any atom is -0.372 e. The number of nitrogens with two attached hydrogens (primary N) is 1. The molecule has 0 aliphatic rings. The fourth-order valence-corrected chi connectivity index (χ4v) is 2.01. The number of hydrogen-bond acceptors (Lipinski definition) is 2. The molecule has 104 valence electrons. The maximum atomic E-state index is 11.0. The molecule has 1 aromatic carbocycles. The van der Waals surface area contributed by atoms with Gasteiger partial charge in [0.15, 0.2) is 0 Å². The maximum Gasteiger partial charge on any atom is 0.244 e. The van der Waals surface area contributed by atoms with Crippen molar-refractivity contribution in [3.8, 4) is 0 Å². The van der Waals surface area contributed by atoms with E-state index in [1.54, 1.807) is 6.92 Å². The second-order valence-electron chi connectivity index (χ2n) is 4.77. The molecule has 19 heavy (non-hydrogen) atoms. The molecule has 0 heterocycles. The SMILES string of the molecule is CCCN(CCC)c1ccc(C=C(C)C(N)=O)cc1. The number of anilines is 1. The quantitative estimate of drug-likeness (QED) is 0.765. The predicted molar refractivity (Wildman–Crippen MR) is 82.1 cm³/mol.